The molecule has 0 aliphatic carbocycles. The van der Waals surface area contributed by atoms with Crippen LogP contribution in [0.25, 0.3) is 10.9 Å². The van der Waals surface area contributed by atoms with Crippen LogP contribution < -0.4 is 10.2 Å². The number of fused-ring (bicyclic) bond motifs is 1. The summed E-state index contributed by atoms with van der Waals surface area (Å²) >= 11 is 1.26. The summed E-state index contributed by atoms with van der Waals surface area (Å²) in [5.41, 5.74) is -2.48. The van der Waals surface area contributed by atoms with Crippen LogP contribution in [0.2, 0.25) is 0 Å². The van der Waals surface area contributed by atoms with E-state index in [2.05, 4.69) is 4.98 Å². The molecule has 2 aromatic rings. The number of pyridine rings is 1. The number of alkyl halides is 3. The van der Waals surface area contributed by atoms with Gasteiger partial charge in [-0.1, -0.05) is 6.92 Å². The van der Waals surface area contributed by atoms with Gasteiger partial charge in [0, 0.05) is 0 Å². The van der Waals surface area contributed by atoms with Crippen molar-refractivity contribution in [3.05, 3.63) is 37.4 Å². The second-order valence-electron chi connectivity index (χ2n) is 4.28. The van der Waals surface area contributed by atoms with Gasteiger partial charge in [0.25, 0.3) is 0 Å². The van der Waals surface area contributed by atoms with Gasteiger partial charge in [-0.2, -0.15) is 13.2 Å². The third kappa shape index (κ3) is 2.99. The van der Waals surface area contributed by atoms with Crippen molar-refractivity contribution in [3.63, 3.8) is 0 Å². The Balaban J connectivity index is 2.84. The smallest absolute Gasteiger partial charge is 0.432 e. The van der Waals surface area contributed by atoms with Gasteiger partial charge in [-0.25, -0.2) is 4.39 Å². The highest BCUT2D eigenvalue weighted by atomic mass is 127. The van der Waals surface area contributed by atoms with E-state index >= 15 is 0 Å². The molecule has 0 amide bonds. The molecule has 8 heteroatoms. The van der Waals surface area contributed by atoms with Gasteiger partial charge in [-0.3, -0.25) is 4.79 Å². The van der Waals surface area contributed by atoms with Crippen molar-refractivity contribution in [3.8, 4) is 5.75 Å². The molecule has 3 nitrogen and oxygen atoms in total. The average Bonchev–Trinajstić information content (AvgIpc) is 2.40. The lowest BCUT2D eigenvalue weighted by molar-refractivity contribution is -0.141. The van der Waals surface area contributed by atoms with Gasteiger partial charge in [0.15, 0.2) is 0 Å². The number of aromatic amines is 1. The first-order valence-corrected chi connectivity index (χ1v) is 7.09. The first-order chi connectivity index (χ1) is 9.77. The third-order valence-corrected chi connectivity index (χ3v) is 3.79. The second kappa shape index (κ2) is 5.82. The van der Waals surface area contributed by atoms with Gasteiger partial charge in [-0.15, -0.1) is 0 Å². The Kier molecular flexibility index (Phi) is 4.45. The van der Waals surface area contributed by atoms with Gasteiger partial charge in [0.1, 0.15) is 17.3 Å². The minimum Gasteiger partial charge on any atom is -0.491 e. The molecule has 0 radical (unpaired) electrons. The lowest BCUT2D eigenvalue weighted by Gasteiger charge is -2.13. The Hall–Kier alpha value is -1.32. The van der Waals surface area contributed by atoms with Crippen LogP contribution in [-0.4, -0.2) is 11.6 Å². The highest BCUT2D eigenvalue weighted by Crippen LogP contribution is 2.33. The zero-order valence-electron chi connectivity index (χ0n) is 10.8. The zero-order valence-corrected chi connectivity index (χ0v) is 12.9. The SMILES string of the molecule is CCCOc1ccc(F)c2c(=O)c(I)c(C(F)(F)F)[nH]c12. The fourth-order valence-electron chi connectivity index (χ4n) is 1.83. The van der Waals surface area contributed by atoms with E-state index in [-0.39, 0.29) is 17.9 Å². The lowest BCUT2D eigenvalue weighted by atomic mass is 10.1. The molecule has 0 spiro atoms. The summed E-state index contributed by atoms with van der Waals surface area (Å²) in [4.78, 5) is 14.1. The summed E-state index contributed by atoms with van der Waals surface area (Å²) in [6, 6.07) is 2.21. The fourth-order valence-corrected chi connectivity index (χ4v) is 2.55. The molecular formula is C13H10F4INO2. The summed E-state index contributed by atoms with van der Waals surface area (Å²) in [6.07, 6.45) is -4.11. The van der Waals surface area contributed by atoms with Crippen LogP contribution in [0.4, 0.5) is 17.6 Å². The maximum atomic E-state index is 13.8. The normalized spacial score (nSPS) is 11.9. The summed E-state index contributed by atoms with van der Waals surface area (Å²) in [5.74, 6) is -0.867. The van der Waals surface area contributed by atoms with E-state index in [1.807, 2.05) is 6.92 Å². The van der Waals surface area contributed by atoms with E-state index in [4.69, 9.17) is 4.74 Å². The van der Waals surface area contributed by atoms with Crippen molar-refractivity contribution in [2.45, 2.75) is 19.5 Å². The molecule has 0 unspecified atom stereocenters. The van der Waals surface area contributed by atoms with Crippen molar-refractivity contribution < 1.29 is 22.3 Å². The molecule has 0 bridgehead atoms. The minimum absolute atomic E-state index is 0.0206. The average molecular weight is 415 g/mol. The van der Waals surface area contributed by atoms with Crippen LogP contribution >= 0.6 is 22.6 Å². The van der Waals surface area contributed by atoms with E-state index in [1.54, 1.807) is 0 Å². The highest BCUT2D eigenvalue weighted by Gasteiger charge is 2.36. The van der Waals surface area contributed by atoms with Crippen molar-refractivity contribution in [2.24, 2.45) is 0 Å². The maximum Gasteiger partial charge on any atom is 0.432 e. The molecule has 2 rings (SSSR count). The molecule has 0 saturated carbocycles. The summed E-state index contributed by atoms with van der Waals surface area (Å²) in [5, 5.41) is -0.430. The van der Waals surface area contributed by atoms with Gasteiger partial charge in [0.2, 0.25) is 5.43 Å². The van der Waals surface area contributed by atoms with Crippen molar-refractivity contribution >= 4 is 33.5 Å². The molecular weight excluding hydrogens is 405 g/mol. The molecule has 0 aliphatic rings. The van der Waals surface area contributed by atoms with Crippen LogP contribution in [0.1, 0.15) is 19.0 Å². The Bertz CT molecular complexity index is 739. The van der Waals surface area contributed by atoms with Crippen LogP contribution in [0.3, 0.4) is 0 Å². The third-order valence-electron chi connectivity index (χ3n) is 2.76. The molecule has 0 aliphatic heterocycles. The molecule has 1 aromatic carbocycles. The quantitative estimate of drug-likeness (QED) is 0.607. The second-order valence-corrected chi connectivity index (χ2v) is 5.36. The van der Waals surface area contributed by atoms with Crippen LogP contribution in [-0.2, 0) is 6.18 Å². The number of halogens is 5. The number of nitrogens with one attached hydrogen (secondary N) is 1. The van der Waals surface area contributed by atoms with Gasteiger partial charge in [-0.05, 0) is 41.1 Å². The predicted molar refractivity (Wildman–Crippen MR) is 78.0 cm³/mol. The molecule has 1 heterocycles. The van der Waals surface area contributed by atoms with Gasteiger partial charge in [0.05, 0.1) is 21.1 Å². The molecule has 0 fully saturated rings. The number of benzene rings is 1. The molecule has 0 atom stereocenters. The maximum absolute atomic E-state index is 13.8. The molecule has 114 valence electrons. The number of hydrogen-bond acceptors (Lipinski definition) is 2. The number of H-pyrrole nitrogens is 1. The standard InChI is InChI=1S/C13H10F4INO2/c1-2-5-21-7-4-3-6(14)8-10(7)19-12(13(15,16)17)9(18)11(8)20/h3-4H,2,5H2,1H3,(H,19,20). The Morgan fingerprint density at radius 2 is 2.00 bits per heavy atom. The van der Waals surface area contributed by atoms with Crippen LogP contribution in [0.5, 0.6) is 5.75 Å². The molecule has 1 aromatic heterocycles. The number of rotatable bonds is 3. The van der Waals surface area contributed by atoms with Crippen molar-refractivity contribution in [1.82, 2.24) is 4.98 Å². The minimum atomic E-state index is -4.74. The molecule has 0 saturated heterocycles. The Morgan fingerprint density at radius 3 is 2.57 bits per heavy atom. The van der Waals surface area contributed by atoms with E-state index in [0.717, 1.165) is 6.07 Å². The summed E-state index contributed by atoms with van der Waals surface area (Å²) < 4.78 is 57.3. The molecule has 1 N–H and O–H groups in total. The largest absolute Gasteiger partial charge is 0.491 e. The van der Waals surface area contributed by atoms with Gasteiger partial charge < -0.3 is 9.72 Å². The van der Waals surface area contributed by atoms with Crippen molar-refractivity contribution in [2.75, 3.05) is 6.61 Å². The number of aromatic nitrogens is 1. The predicted octanol–water partition coefficient (Wildman–Crippen LogP) is 4.08. The van der Waals surface area contributed by atoms with E-state index < -0.39 is 32.1 Å². The van der Waals surface area contributed by atoms with Crippen molar-refractivity contribution in [1.29, 1.82) is 0 Å². The first-order valence-electron chi connectivity index (χ1n) is 6.01. The lowest BCUT2D eigenvalue weighted by Crippen LogP contribution is -2.20. The number of hydrogen-bond donors (Lipinski definition) is 1. The van der Waals surface area contributed by atoms with Gasteiger partial charge >= 0.3 is 6.18 Å². The van der Waals surface area contributed by atoms with E-state index in [1.165, 1.54) is 28.7 Å². The zero-order chi connectivity index (χ0) is 15.8. The molecule has 21 heavy (non-hydrogen) atoms. The fraction of sp³-hybridized carbons (Fsp3) is 0.308. The monoisotopic (exact) mass is 415 g/mol. The Morgan fingerprint density at radius 1 is 1.33 bits per heavy atom. The van der Waals surface area contributed by atoms with E-state index in [9.17, 15) is 22.4 Å². The Labute approximate surface area is 130 Å². The van der Waals surface area contributed by atoms with E-state index in [0.29, 0.717) is 6.42 Å². The summed E-state index contributed by atoms with van der Waals surface area (Å²) in [6.45, 7) is 2.06. The van der Waals surface area contributed by atoms with Crippen LogP contribution in [0.15, 0.2) is 16.9 Å². The highest BCUT2D eigenvalue weighted by molar-refractivity contribution is 14.1. The summed E-state index contributed by atoms with van der Waals surface area (Å²) in [7, 11) is 0. The topological polar surface area (TPSA) is 42.1 Å². The number of ether oxygens (including phenoxy) is 1. The first kappa shape index (κ1) is 16.1. The van der Waals surface area contributed by atoms with Crippen LogP contribution in [0, 0.1) is 9.39 Å².